The van der Waals surface area contributed by atoms with Crippen LogP contribution in [0.4, 0.5) is 0 Å². The molecule has 0 spiro atoms. The van der Waals surface area contributed by atoms with E-state index in [1.54, 1.807) is 42.5 Å². The van der Waals surface area contributed by atoms with Crippen molar-refractivity contribution in [3.05, 3.63) is 100 Å². The fourth-order valence-corrected chi connectivity index (χ4v) is 4.12. The number of ether oxygens (including phenoxy) is 3. The van der Waals surface area contributed by atoms with Crippen LogP contribution in [0, 0.1) is 0 Å². The van der Waals surface area contributed by atoms with Crippen molar-refractivity contribution in [2.45, 2.75) is 0 Å². The molecule has 0 radical (unpaired) electrons. The third kappa shape index (κ3) is 6.79. The summed E-state index contributed by atoms with van der Waals surface area (Å²) >= 11 is 3.31. The van der Waals surface area contributed by atoms with Crippen LogP contribution in [-0.2, 0) is 4.79 Å². The van der Waals surface area contributed by atoms with Crippen LogP contribution < -0.4 is 25.0 Å². The highest BCUT2D eigenvalue weighted by molar-refractivity contribution is 9.10. The highest BCUT2D eigenvalue weighted by Gasteiger charge is 2.16. The predicted octanol–water partition coefficient (Wildman–Crippen LogP) is 4.72. The number of hydrogen-bond donors (Lipinski definition) is 2. The van der Waals surface area contributed by atoms with Crippen molar-refractivity contribution in [3.63, 3.8) is 0 Å². The van der Waals surface area contributed by atoms with Gasteiger partial charge in [-0.2, -0.15) is 5.10 Å². The van der Waals surface area contributed by atoms with E-state index in [1.807, 2.05) is 30.3 Å². The van der Waals surface area contributed by atoms with Gasteiger partial charge in [0.15, 0.2) is 11.5 Å². The summed E-state index contributed by atoms with van der Waals surface area (Å²) < 4.78 is 17.0. The van der Waals surface area contributed by atoms with Crippen molar-refractivity contribution in [2.24, 2.45) is 5.10 Å². The Morgan fingerprint density at radius 2 is 1.62 bits per heavy atom. The minimum absolute atomic E-state index is 0.245. The Morgan fingerprint density at radius 3 is 2.38 bits per heavy atom. The van der Waals surface area contributed by atoms with Crippen molar-refractivity contribution in [2.75, 3.05) is 20.8 Å². The van der Waals surface area contributed by atoms with Gasteiger partial charge in [-0.1, -0.05) is 52.3 Å². The number of halogens is 1. The lowest BCUT2D eigenvalue weighted by molar-refractivity contribution is -0.120. The molecule has 0 aliphatic rings. The number of methoxy groups -OCH3 is 2. The summed E-state index contributed by atoms with van der Waals surface area (Å²) in [6.45, 7) is -0.278. The zero-order valence-corrected chi connectivity index (χ0v) is 22.7. The predicted molar refractivity (Wildman–Crippen MR) is 151 cm³/mol. The van der Waals surface area contributed by atoms with Crippen LogP contribution in [0.3, 0.4) is 0 Å². The quantitative estimate of drug-likeness (QED) is 0.126. The van der Waals surface area contributed by atoms with E-state index in [0.29, 0.717) is 22.6 Å². The van der Waals surface area contributed by atoms with Crippen molar-refractivity contribution in [3.8, 4) is 17.2 Å². The molecule has 10 heteroatoms. The molecule has 4 aromatic carbocycles. The highest BCUT2D eigenvalue weighted by Crippen LogP contribution is 2.30. The van der Waals surface area contributed by atoms with Crippen LogP contribution >= 0.6 is 15.9 Å². The largest absolute Gasteiger partial charge is 0.493 e. The first-order chi connectivity index (χ1) is 18.9. The van der Waals surface area contributed by atoms with Gasteiger partial charge >= 0.3 is 5.97 Å². The molecule has 4 aromatic rings. The van der Waals surface area contributed by atoms with E-state index in [9.17, 15) is 14.4 Å². The Kier molecular flexibility index (Phi) is 8.90. The van der Waals surface area contributed by atoms with Gasteiger partial charge in [0.1, 0.15) is 5.75 Å². The van der Waals surface area contributed by atoms with Crippen LogP contribution in [-0.4, -0.2) is 44.8 Å². The molecule has 0 bridgehead atoms. The molecule has 2 N–H and O–H groups in total. The maximum atomic E-state index is 13.0. The molecule has 39 heavy (non-hydrogen) atoms. The molecule has 0 aliphatic carbocycles. The number of rotatable bonds is 9. The van der Waals surface area contributed by atoms with Crippen LogP contribution in [0.1, 0.15) is 26.3 Å². The van der Waals surface area contributed by atoms with E-state index in [1.165, 1.54) is 26.5 Å². The summed E-state index contributed by atoms with van der Waals surface area (Å²) in [4.78, 5) is 37.5. The minimum atomic E-state index is -0.611. The average Bonchev–Trinajstić information content (AvgIpc) is 2.96. The first-order valence-electron chi connectivity index (χ1n) is 11.7. The second kappa shape index (κ2) is 12.7. The fourth-order valence-electron chi connectivity index (χ4n) is 3.72. The van der Waals surface area contributed by atoms with Crippen LogP contribution in [0.2, 0.25) is 0 Å². The summed E-state index contributed by atoms with van der Waals surface area (Å²) in [5.41, 5.74) is 3.55. The lowest BCUT2D eigenvalue weighted by atomic mass is 10.0. The molecular formula is C29H24BrN3O6. The van der Waals surface area contributed by atoms with E-state index >= 15 is 0 Å². The monoisotopic (exact) mass is 589 g/mol. The average molecular weight is 590 g/mol. The molecule has 198 valence electrons. The molecule has 0 atom stereocenters. The summed E-state index contributed by atoms with van der Waals surface area (Å²) in [7, 11) is 2.98. The number of nitrogens with zero attached hydrogens (tertiary/aromatic N) is 1. The van der Waals surface area contributed by atoms with Crippen LogP contribution in [0.15, 0.2) is 88.4 Å². The Balaban J connectivity index is 1.49. The lowest BCUT2D eigenvalue weighted by Gasteiger charge is -2.12. The summed E-state index contributed by atoms with van der Waals surface area (Å²) in [5.74, 6) is -0.416. The smallest absolute Gasteiger partial charge is 0.343 e. The zero-order valence-electron chi connectivity index (χ0n) is 21.1. The second-order valence-corrected chi connectivity index (χ2v) is 9.06. The Labute approximate surface area is 232 Å². The fraction of sp³-hybridized carbons (Fsp3) is 0.103. The van der Waals surface area contributed by atoms with Crippen LogP contribution in [0.5, 0.6) is 17.2 Å². The van der Waals surface area contributed by atoms with Gasteiger partial charge in [-0.15, -0.1) is 0 Å². The van der Waals surface area contributed by atoms with Gasteiger partial charge in [-0.05, 0) is 53.2 Å². The number of esters is 1. The number of fused-ring (bicyclic) bond motifs is 1. The van der Waals surface area contributed by atoms with Gasteiger partial charge in [-0.3, -0.25) is 9.59 Å². The second-order valence-electron chi connectivity index (χ2n) is 8.14. The summed E-state index contributed by atoms with van der Waals surface area (Å²) in [6.07, 6.45) is 1.40. The number of carbonyl (C=O) groups excluding carboxylic acids is 3. The SMILES string of the molecule is COc1ccc(C(=O)Oc2ccc3ccccc3c2/C=N/NC(=O)CNC(=O)c2cccc(Br)c2)cc1OC. The minimum Gasteiger partial charge on any atom is -0.493 e. The van der Waals surface area contributed by atoms with Crippen molar-refractivity contribution in [1.29, 1.82) is 0 Å². The normalized spacial score (nSPS) is 10.7. The third-order valence-electron chi connectivity index (χ3n) is 5.63. The Bertz CT molecular complexity index is 1570. The number of hydrogen-bond acceptors (Lipinski definition) is 7. The molecule has 0 aromatic heterocycles. The van der Waals surface area contributed by atoms with E-state index in [4.69, 9.17) is 14.2 Å². The first kappa shape index (κ1) is 27.3. The van der Waals surface area contributed by atoms with E-state index in [0.717, 1.165) is 15.2 Å². The van der Waals surface area contributed by atoms with Gasteiger partial charge in [-0.25, -0.2) is 10.2 Å². The molecule has 9 nitrogen and oxygen atoms in total. The molecule has 0 heterocycles. The van der Waals surface area contributed by atoms with Crippen molar-refractivity contribution in [1.82, 2.24) is 10.7 Å². The van der Waals surface area contributed by atoms with E-state index < -0.39 is 17.8 Å². The number of carbonyl (C=O) groups is 3. The Hall–Kier alpha value is -4.70. The molecule has 0 saturated carbocycles. The van der Waals surface area contributed by atoms with Crippen molar-refractivity contribution >= 4 is 50.7 Å². The van der Waals surface area contributed by atoms with E-state index in [2.05, 4.69) is 31.8 Å². The summed E-state index contributed by atoms with van der Waals surface area (Å²) in [5, 5.41) is 8.23. The first-order valence-corrected chi connectivity index (χ1v) is 12.5. The van der Waals surface area contributed by atoms with E-state index in [-0.39, 0.29) is 17.9 Å². The number of nitrogens with one attached hydrogen (secondary N) is 2. The lowest BCUT2D eigenvalue weighted by Crippen LogP contribution is -2.34. The molecule has 0 saturated heterocycles. The van der Waals surface area contributed by atoms with Crippen molar-refractivity contribution < 1.29 is 28.6 Å². The van der Waals surface area contributed by atoms with Gasteiger partial charge in [0.2, 0.25) is 0 Å². The maximum absolute atomic E-state index is 13.0. The number of amides is 2. The van der Waals surface area contributed by atoms with Gasteiger partial charge in [0, 0.05) is 15.6 Å². The zero-order chi connectivity index (χ0) is 27.8. The summed E-state index contributed by atoms with van der Waals surface area (Å²) in [6, 6.07) is 22.5. The molecule has 0 fully saturated rings. The Morgan fingerprint density at radius 1 is 0.846 bits per heavy atom. The third-order valence-corrected chi connectivity index (χ3v) is 6.13. The molecule has 4 rings (SSSR count). The topological polar surface area (TPSA) is 115 Å². The highest BCUT2D eigenvalue weighted by atomic mass is 79.9. The van der Waals surface area contributed by atoms with Gasteiger partial charge < -0.3 is 19.5 Å². The maximum Gasteiger partial charge on any atom is 0.343 e. The standard InChI is InChI=1S/C29H24BrN3O6/c1-37-25-13-11-20(15-26(25)38-2)29(36)39-24-12-10-18-6-3-4-9-22(18)23(24)16-32-33-27(34)17-31-28(35)19-7-5-8-21(30)14-19/h3-16H,17H2,1-2H3,(H,31,35)(H,33,34)/b32-16+. The molecule has 0 aliphatic heterocycles. The number of benzene rings is 4. The molecular weight excluding hydrogens is 566 g/mol. The molecule has 0 unspecified atom stereocenters. The molecule has 2 amide bonds. The number of hydrazone groups is 1. The van der Waals surface area contributed by atoms with Gasteiger partial charge in [0.25, 0.3) is 11.8 Å². The van der Waals surface area contributed by atoms with Crippen LogP contribution in [0.25, 0.3) is 10.8 Å². The van der Waals surface area contributed by atoms with Gasteiger partial charge in [0.05, 0.1) is 32.5 Å².